The van der Waals surface area contributed by atoms with Gasteiger partial charge in [0.15, 0.2) is 0 Å². The first-order valence-electron chi connectivity index (χ1n) is 7.22. The van der Waals surface area contributed by atoms with E-state index >= 15 is 0 Å². The van der Waals surface area contributed by atoms with Crippen molar-refractivity contribution < 1.29 is 32.2 Å². The highest BCUT2D eigenvalue weighted by Crippen LogP contribution is 2.32. The number of alkyl halides is 3. The Kier molecular flexibility index (Phi) is 5.42. The molecule has 0 saturated carbocycles. The molecule has 1 aromatic heterocycles. The van der Waals surface area contributed by atoms with Crippen molar-refractivity contribution in [1.82, 2.24) is 4.98 Å². The maximum Gasteiger partial charge on any atom is 0.416 e. The number of aliphatic hydroxyl groups excluding tert-OH is 1. The van der Waals surface area contributed by atoms with Crippen molar-refractivity contribution in [3.05, 3.63) is 65.2 Å². The van der Waals surface area contributed by atoms with Crippen LogP contribution in [0.25, 0.3) is 0 Å². The molecule has 2 rings (SSSR count). The van der Waals surface area contributed by atoms with Crippen LogP contribution in [0.3, 0.4) is 0 Å². The van der Waals surface area contributed by atoms with E-state index in [9.17, 15) is 27.5 Å². The fraction of sp³-hybridized carbons (Fsp3) is 0.294. The van der Waals surface area contributed by atoms with Gasteiger partial charge in [0.25, 0.3) is 0 Å². The number of esters is 1. The van der Waals surface area contributed by atoms with Gasteiger partial charge >= 0.3 is 12.1 Å². The molecule has 1 aromatic carbocycles. The van der Waals surface area contributed by atoms with Crippen molar-refractivity contribution in [2.45, 2.75) is 25.1 Å². The van der Waals surface area contributed by atoms with Gasteiger partial charge in [-0.2, -0.15) is 13.2 Å². The lowest BCUT2D eigenvalue weighted by atomic mass is 9.83. The van der Waals surface area contributed by atoms with E-state index in [-0.39, 0.29) is 17.7 Å². The van der Waals surface area contributed by atoms with Crippen LogP contribution < -0.4 is 0 Å². The van der Waals surface area contributed by atoms with Crippen LogP contribution in [0.5, 0.6) is 0 Å². The molecule has 0 saturated heterocycles. The molecule has 25 heavy (non-hydrogen) atoms. The molecule has 1 atom stereocenters. The predicted molar refractivity (Wildman–Crippen MR) is 79.9 cm³/mol. The zero-order valence-corrected chi connectivity index (χ0v) is 13.2. The lowest BCUT2D eigenvalue weighted by Crippen LogP contribution is -2.38. The van der Waals surface area contributed by atoms with Crippen LogP contribution in [0, 0.1) is 5.82 Å². The Morgan fingerprint density at radius 1 is 1.16 bits per heavy atom. The Labute approximate surface area is 141 Å². The van der Waals surface area contributed by atoms with E-state index in [0.29, 0.717) is 0 Å². The number of hydrogen-bond acceptors (Lipinski definition) is 4. The van der Waals surface area contributed by atoms with E-state index in [4.69, 9.17) is 4.74 Å². The number of aliphatic hydroxyl groups is 1. The molecule has 134 valence electrons. The summed E-state index contributed by atoms with van der Waals surface area (Å²) in [6, 6.07) is 5.18. The van der Waals surface area contributed by atoms with Crippen LogP contribution in [-0.2, 0) is 27.7 Å². The summed E-state index contributed by atoms with van der Waals surface area (Å²) >= 11 is 0. The third-order valence-corrected chi connectivity index (χ3v) is 3.83. The molecule has 0 aliphatic heterocycles. The van der Waals surface area contributed by atoms with Crippen molar-refractivity contribution >= 4 is 5.97 Å². The van der Waals surface area contributed by atoms with Crippen LogP contribution in [0.15, 0.2) is 42.7 Å². The average Bonchev–Trinajstić information content (AvgIpc) is 2.59. The van der Waals surface area contributed by atoms with Crippen LogP contribution >= 0.6 is 0 Å². The number of carbonyl (C=O) groups excluding carboxylic acids is 1. The highest BCUT2D eigenvalue weighted by molar-refractivity contribution is 5.83. The Morgan fingerprint density at radius 2 is 1.76 bits per heavy atom. The molecule has 0 spiro atoms. The van der Waals surface area contributed by atoms with Crippen molar-refractivity contribution in [2.24, 2.45) is 0 Å². The van der Waals surface area contributed by atoms with E-state index in [1.807, 2.05) is 0 Å². The second kappa shape index (κ2) is 7.18. The highest BCUT2D eigenvalue weighted by Gasteiger charge is 2.38. The van der Waals surface area contributed by atoms with Gasteiger partial charge in [-0.05, 0) is 30.7 Å². The van der Waals surface area contributed by atoms with Crippen molar-refractivity contribution in [3.8, 4) is 0 Å². The molecule has 4 nitrogen and oxygen atoms in total. The SMILES string of the molecule is CC(CO)(C(=O)OCc1ccncc1F)c1ccc(C(F)(F)F)cc1. The largest absolute Gasteiger partial charge is 0.460 e. The Bertz CT molecular complexity index is 746. The van der Waals surface area contributed by atoms with Crippen LogP contribution in [-0.4, -0.2) is 22.7 Å². The van der Waals surface area contributed by atoms with Gasteiger partial charge in [-0.1, -0.05) is 12.1 Å². The molecule has 0 bridgehead atoms. The van der Waals surface area contributed by atoms with E-state index in [1.54, 1.807) is 0 Å². The third kappa shape index (κ3) is 4.14. The Hall–Kier alpha value is -2.48. The van der Waals surface area contributed by atoms with Crippen molar-refractivity contribution in [1.29, 1.82) is 0 Å². The zero-order chi connectivity index (χ0) is 18.7. The van der Waals surface area contributed by atoms with Crippen molar-refractivity contribution in [2.75, 3.05) is 6.61 Å². The lowest BCUT2D eigenvalue weighted by molar-refractivity contribution is -0.153. The van der Waals surface area contributed by atoms with Crippen molar-refractivity contribution in [3.63, 3.8) is 0 Å². The summed E-state index contributed by atoms with van der Waals surface area (Å²) in [5.41, 5.74) is -2.20. The summed E-state index contributed by atoms with van der Waals surface area (Å²) in [7, 11) is 0. The summed E-state index contributed by atoms with van der Waals surface area (Å²) in [5, 5.41) is 9.58. The van der Waals surface area contributed by atoms with E-state index < -0.39 is 35.5 Å². The highest BCUT2D eigenvalue weighted by atomic mass is 19.4. The molecule has 0 fully saturated rings. The lowest BCUT2D eigenvalue weighted by Gasteiger charge is -2.26. The van der Waals surface area contributed by atoms with E-state index in [0.717, 1.165) is 30.5 Å². The monoisotopic (exact) mass is 357 g/mol. The summed E-state index contributed by atoms with van der Waals surface area (Å²) in [5.74, 6) is -1.54. The predicted octanol–water partition coefficient (Wildman–Crippen LogP) is 3.23. The molecule has 8 heteroatoms. The fourth-order valence-corrected chi connectivity index (χ4v) is 2.12. The summed E-state index contributed by atoms with van der Waals surface area (Å²) < 4.78 is 56.4. The minimum atomic E-state index is -4.51. The summed E-state index contributed by atoms with van der Waals surface area (Å²) in [6.07, 6.45) is -2.22. The minimum absolute atomic E-state index is 0.0936. The normalized spacial score (nSPS) is 14.0. The number of pyridine rings is 1. The number of ether oxygens (including phenoxy) is 1. The maximum atomic E-state index is 13.5. The van der Waals surface area contributed by atoms with Gasteiger partial charge in [0.2, 0.25) is 0 Å². The Morgan fingerprint density at radius 3 is 2.28 bits per heavy atom. The number of aromatic nitrogens is 1. The number of carbonyl (C=O) groups is 1. The molecule has 1 heterocycles. The summed E-state index contributed by atoms with van der Waals surface area (Å²) in [4.78, 5) is 15.9. The molecule has 0 aliphatic rings. The van der Waals surface area contributed by atoms with Crippen LogP contribution in [0.4, 0.5) is 17.6 Å². The second-order valence-electron chi connectivity index (χ2n) is 5.61. The molecular weight excluding hydrogens is 342 g/mol. The minimum Gasteiger partial charge on any atom is -0.460 e. The standard InChI is InChI=1S/C17H15F4NO3/c1-16(10-23,12-2-4-13(5-3-12)17(19,20)21)15(24)25-9-11-6-7-22-8-14(11)18/h2-8,23H,9-10H2,1H3. The van der Waals surface area contributed by atoms with Gasteiger partial charge < -0.3 is 9.84 Å². The van der Waals surface area contributed by atoms with Gasteiger partial charge in [0.1, 0.15) is 17.8 Å². The molecule has 0 radical (unpaired) electrons. The molecule has 1 unspecified atom stereocenters. The van der Waals surface area contributed by atoms with Gasteiger partial charge in [0, 0.05) is 11.8 Å². The van der Waals surface area contributed by atoms with Gasteiger partial charge in [-0.3, -0.25) is 9.78 Å². The molecule has 0 aliphatic carbocycles. The first-order valence-corrected chi connectivity index (χ1v) is 7.22. The quantitative estimate of drug-likeness (QED) is 0.659. The number of hydrogen-bond donors (Lipinski definition) is 1. The smallest absolute Gasteiger partial charge is 0.416 e. The van der Waals surface area contributed by atoms with Gasteiger partial charge in [0.05, 0.1) is 18.4 Å². The van der Waals surface area contributed by atoms with Crippen LogP contribution in [0.1, 0.15) is 23.6 Å². The molecule has 2 aromatic rings. The number of rotatable bonds is 5. The second-order valence-corrected chi connectivity index (χ2v) is 5.61. The van der Waals surface area contributed by atoms with E-state index in [2.05, 4.69) is 4.98 Å². The van der Waals surface area contributed by atoms with Gasteiger partial charge in [-0.25, -0.2) is 4.39 Å². The first-order chi connectivity index (χ1) is 11.7. The number of halogens is 4. The number of benzene rings is 1. The molecule has 0 amide bonds. The summed E-state index contributed by atoms with van der Waals surface area (Å²) in [6.45, 7) is 0.264. The zero-order valence-electron chi connectivity index (χ0n) is 13.2. The molecule has 1 N–H and O–H groups in total. The number of nitrogens with zero attached hydrogens (tertiary/aromatic N) is 1. The first kappa shape index (κ1) is 18.9. The van der Waals surface area contributed by atoms with Gasteiger partial charge in [-0.15, -0.1) is 0 Å². The third-order valence-electron chi connectivity index (χ3n) is 3.83. The van der Waals surface area contributed by atoms with Crippen LogP contribution in [0.2, 0.25) is 0 Å². The molecular formula is C17H15F4NO3. The maximum absolute atomic E-state index is 13.5. The average molecular weight is 357 g/mol. The Balaban J connectivity index is 2.18. The van der Waals surface area contributed by atoms with E-state index in [1.165, 1.54) is 19.2 Å². The topological polar surface area (TPSA) is 59.4 Å². The fourth-order valence-electron chi connectivity index (χ4n) is 2.12.